The lowest BCUT2D eigenvalue weighted by Gasteiger charge is -2.33. The quantitative estimate of drug-likeness (QED) is 0.901. The van der Waals surface area contributed by atoms with Crippen LogP contribution < -0.4 is 10.6 Å². The van der Waals surface area contributed by atoms with Gasteiger partial charge in [-0.2, -0.15) is 0 Å². The van der Waals surface area contributed by atoms with Crippen molar-refractivity contribution in [3.63, 3.8) is 0 Å². The van der Waals surface area contributed by atoms with Crippen LogP contribution in [0, 0.1) is 0 Å². The van der Waals surface area contributed by atoms with Gasteiger partial charge in [-0.05, 0) is 12.0 Å². The highest BCUT2D eigenvalue weighted by molar-refractivity contribution is 5.88. The largest absolute Gasteiger partial charge is 0.363 e. The Morgan fingerprint density at radius 3 is 3.00 bits per heavy atom. The van der Waals surface area contributed by atoms with Crippen molar-refractivity contribution in [1.29, 1.82) is 0 Å². The van der Waals surface area contributed by atoms with Crippen molar-refractivity contribution in [2.45, 2.75) is 12.5 Å². The van der Waals surface area contributed by atoms with E-state index < -0.39 is 0 Å². The Bertz CT molecular complexity index is 571. The Hall–Kier alpha value is -2.34. The number of nitrogens with one attached hydrogen (secondary N) is 2. The lowest BCUT2D eigenvalue weighted by Crippen LogP contribution is -2.54. The van der Waals surface area contributed by atoms with Crippen LogP contribution in [0.2, 0.25) is 0 Å². The van der Waals surface area contributed by atoms with Gasteiger partial charge in [0.25, 0.3) is 0 Å². The van der Waals surface area contributed by atoms with Crippen LogP contribution in [0.25, 0.3) is 0 Å². The highest BCUT2D eigenvalue weighted by Crippen LogP contribution is 2.09. The monoisotopic (exact) mass is 286 g/mol. The number of rotatable bonds is 3. The van der Waals surface area contributed by atoms with Gasteiger partial charge < -0.3 is 14.7 Å². The highest BCUT2D eigenvalue weighted by Gasteiger charge is 2.23. The van der Waals surface area contributed by atoms with Gasteiger partial charge in [-0.25, -0.2) is 4.79 Å². The van der Waals surface area contributed by atoms with Crippen molar-refractivity contribution in [3.8, 4) is 0 Å². The lowest BCUT2D eigenvalue weighted by molar-refractivity contribution is 0.189. The fourth-order valence-corrected chi connectivity index (χ4v) is 2.51. The molecular formula is C15H18N4O2. The number of amides is 2. The van der Waals surface area contributed by atoms with Gasteiger partial charge in [-0.1, -0.05) is 35.5 Å². The number of urea groups is 1. The van der Waals surface area contributed by atoms with E-state index in [1.54, 1.807) is 11.0 Å². The molecular weight excluding hydrogens is 268 g/mol. The number of carbonyl (C=O) groups is 1. The van der Waals surface area contributed by atoms with Crippen LogP contribution in [0.4, 0.5) is 10.6 Å². The van der Waals surface area contributed by atoms with Crippen LogP contribution in [0.15, 0.2) is 47.2 Å². The van der Waals surface area contributed by atoms with Crippen molar-refractivity contribution in [3.05, 3.63) is 48.2 Å². The number of benzene rings is 1. The molecule has 3 rings (SSSR count). The van der Waals surface area contributed by atoms with Gasteiger partial charge in [0.2, 0.25) is 0 Å². The number of aromatic nitrogens is 1. The van der Waals surface area contributed by atoms with Crippen LogP contribution in [0.1, 0.15) is 5.56 Å². The maximum absolute atomic E-state index is 12.2. The van der Waals surface area contributed by atoms with Crippen LogP contribution in [0.3, 0.4) is 0 Å². The van der Waals surface area contributed by atoms with E-state index in [1.807, 2.05) is 18.2 Å². The summed E-state index contributed by atoms with van der Waals surface area (Å²) in [6.07, 6.45) is 2.35. The van der Waals surface area contributed by atoms with Gasteiger partial charge in [0, 0.05) is 31.7 Å². The number of anilines is 1. The molecule has 6 heteroatoms. The Morgan fingerprint density at radius 1 is 1.38 bits per heavy atom. The zero-order valence-corrected chi connectivity index (χ0v) is 11.7. The van der Waals surface area contributed by atoms with E-state index in [-0.39, 0.29) is 12.1 Å². The third-order valence-electron chi connectivity index (χ3n) is 3.54. The number of piperazine rings is 1. The molecule has 1 unspecified atom stereocenters. The average Bonchev–Trinajstić information content (AvgIpc) is 3.01. The fourth-order valence-electron chi connectivity index (χ4n) is 2.51. The maximum atomic E-state index is 12.2. The summed E-state index contributed by atoms with van der Waals surface area (Å²) in [5.41, 5.74) is 1.27. The molecule has 2 heterocycles. The van der Waals surface area contributed by atoms with Crippen molar-refractivity contribution in [1.82, 2.24) is 15.4 Å². The summed E-state index contributed by atoms with van der Waals surface area (Å²) in [5, 5.41) is 9.87. The molecule has 110 valence electrons. The molecule has 1 fully saturated rings. The Kier molecular flexibility index (Phi) is 4.16. The zero-order chi connectivity index (χ0) is 14.5. The molecule has 1 aliphatic heterocycles. The Labute approximate surface area is 123 Å². The zero-order valence-electron chi connectivity index (χ0n) is 11.7. The molecule has 0 bridgehead atoms. The molecule has 21 heavy (non-hydrogen) atoms. The minimum absolute atomic E-state index is 0.136. The van der Waals surface area contributed by atoms with Gasteiger partial charge in [0.05, 0.1) is 0 Å². The van der Waals surface area contributed by atoms with Crippen molar-refractivity contribution < 1.29 is 9.32 Å². The first kappa shape index (κ1) is 13.6. The summed E-state index contributed by atoms with van der Waals surface area (Å²) >= 11 is 0. The first-order valence-electron chi connectivity index (χ1n) is 7.05. The van der Waals surface area contributed by atoms with Gasteiger partial charge in [-0.3, -0.25) is 5.32 Å². The molecule has 1 aliphatic rings. The summed E-state index contributed by atoms with van der Waals surface area (Å²) < 4.78 is 4.71. The molecule has 0 saturated carbocycles. The number of hydrogen-bond donors (Lipinski definition) is 2. The standard InChI is InChI=1S/C15H18N4O2/c20-15(17-14-6-9-21-18-14)19-8-7-16-13(11-19)10-12-4-2-1-3-5-12/h1-6,9,13,16H,7-8,10-11H2,(H,17,18,20). The Morgan fingerprint density at radius 2 is 2.24 bits per heavy atom. The second kappa shape index (κ2) is 6.41. The summed E-state index contributed by atoms with van der Waals surface area (Å²) in [6.45, 7) is 2.16. The molecule has 0 spiro atoms. The highest BCUT2D eigenvalue weighted by atomic mass is 16.5. The van der Waals surface area contributed by atoms with Gasteiger partial charge in [-0.15, -0.1) is 0 Å². The number of nitrogens with zero attached hydrogens (tertiary/aromatic N) is 2. The van der Waals surface area contributed by atoms with E-state index in [0.717, 1.165) is 13.0 Å². The molecule has 1 atom stereocenters. The first-order valence-corrected chi connectivity index (χ1v) is 7.05. The molecule has 1 aromatic heterocycles. The smallest absolute Gasteiger partial charge is 0.323 e. The van der Waals surface area contributed by atoms with Gasteiger partial charge in [0.15, 0.2) is 5.82 Å². The van der Waals surface area contributed by atoms with Crippen LogP contribution in [0.5, 0.6) is 0 Å². The summed E-state index contributed by atoms with van der Waals surface area (Å²) in [4.78, 5) is 14.0. The molecule has 2 amide bonds. The van der Waals surface area contributed by atoms with E-state index in [4.69, 9.17) is 4.52 Å². The number of hydrogen-bond acceptors (Lipinski definition) is 4. The van der Waals surface area contributed by atoms with Crippen molar-refractivity contribution >= 4 is 11.8 Å². The van der Waals surface area contributed by atoms with E-state index in [1.165, 1.54) is 11.8 Å². The van der Waals surface area contributed by atoms with E-state index >= 15 is 0 Å². The number of carbonyl (C=O) groups excluding carboxylic acids is 1. The molecule has 2 N–H and O–H groups in total. The van der Waals surface area contributed by atoms with E-state index in [9.17, 15) is 4.79 Å². The van der Waals surface area contributed by atoms with Crippen molar-refractivity contribution in [2.75, 3.05) is 25.0 Å². The second-order valence-electron chi connectivity index (χ2n) is 5.10. The minimum atomic E-state index is -0.136. The van der Waals surface area contributed by atoms with Gasteiger partial charge >= 0.3 is 6.03 Å². The molecule has 2 aromatic rings. The predicted molar refractivity (Wildman–Crippen MR) is 79.0 cm³/mol. The van der Waals surface area contributed by atoms with Crippen LogP contribution in [-0.2, 0) is 6.42 Å². The SMILES string of the molecule is O=C(Nc1ccon1)N1CCNC(Cc2ccccc2)C1. The first-order chi connectivity index (χ1) is 10.3. The molecule has 0 aliphatic carbocycles. The summed E-state index contributed by atoms with van der Waals surface area (Å²) in [5.74, 6) is 0.443. The Balaban J connectivity index is 1.56. The fraction of sp³-hybridized carbons (Fsp3) is 0.333. The van der Waals surface area contributed by atoms with Crippen molar-refractivity contribution in [2.24, 2.45) is 0 Å². The lowest BCUT2D eigenvalue weighted by atomic mass is 10.0. The summed E-state index contributed by atoms with van der Waals surface area (Å²) in [6, 6.07) is 12.1. The third-order valence-corrected chi connectivity index (χ3v) is 3.54. The third kappa shape index (κ3) is 3.61. The van der Waals surface area contributed by atoms with E-state index in [0.29, 0.717) is 18.9 Å². The predicted octanol–water partition coefficient (Wildman–Crippen LogP) is 1.72. The van der Waals surface area contributed by atoms with Crippen LogP contribution >= 0.6 is 0 Å². The molecule has 6 nitrogen and oxygen atoms in total. The topological polar surface area (TPSA) is 70.4 Å². The maximum Gasteiger partial charge on any atom is 0.323 e. The van der Waals surface area contributed by atoms with Crippen LogP contribution in [-0.4, -0.2) is 41.8 Å². The normalized spacial score (nSPS) is 18.5. The molecule has 0 radical (unpaired) electrons. The minimum Gasteiger partial charge on any atom is -0.363 e. The van der Waals surface area contributed by atoms with Gasteiger partial charge in [0.1, 0.15) is 6.26 Å². The molecule has 1 aromatic carbocycles. The second-order valence-corrected chi connectivity index (χ2v) is 5.10. The average molecular weight is 286 g/mol. The summed E-state index contributed by atoms with van der Waals surface area (Å²) in [7, 11) is 0. The van der Waals surface area contributed by atoms with E-state index in [2.05, 4.69) is 27.9 Å². The molecule has 1 saturated heterocycles.